The number of halogens is 2. The number of fused-ring (bicyclic) bond motifs is 1. The van der Waals surface area contributed by atoms with Gasteiger partial charge in [-0.15, -0.1) is 11.8 Å². The Labute approximate surface area is 163 Å². The third-order valence-electron chi connectivity index (χ3n) is 3.37. The molecule has 0 atom stereocenters. The van der Waals surface area contributed by atoms with Crippen LogP contribution in [0.4, 0.5) is 5.13 Å². The molecule has 1 amide bonds. The number of rotatable bonds is 6. The number of nitrogens with one attached hydrogen (secondary N) is 2. The molecule has 1 aromatic heterocycles. The minimum Gasteiger partial charge on any atom is -0.273 e. The molecule has 0 radical (unpaired) electrons. The highest BCUT2D eigenvalue weighted by Crippen LogP contribution is 2.35. The highest BCUT2D eigenvalue weighted by Gasteiger charge is 2.11. The lowest BCUT2D eigenvalue weighted by atomic mass is 10.2. The van der Waals surface area contributed by atoms with Crippen molar-refractivity contribution in [3.8, 4) is 0 Å². The van der Waals surface area contributed by atoms with Gasteiger partial charge in [0.1, 0.15) is 5.52 Å². The molecule has 2 aromatic carbocycles. The van der Waals surface area contributed by atoms with Crippen molar-refractivity contribution in [3.63, 3.8) is 0 Å². The van der Waals surface area contributed by atoms with Crippen molar-refractivity contribution >= 4 is 67.6 Å². The van der Waals surface area contributed by atoms with E-state index in [9.17, 15) is 4.79 Å². The average Bonchev–Trinajstić information content (AvgIpc) is 3.04. The zero-order valence-electron chi connectivity index (χ0n) is 13.3. The molecular weight excluding hydrogens is 397 g/mol. The van der Waals surface area contributed by atoms with Gasteiger partial charge in [-0.05, 0) is 31.2 Å². The predicted octanol–water partition coefficient (Wildman–Crippen LogP) is 5.54. The fourth-order valence-corrected chi connectivity index (χ4v) is 4.31. The number of hydrogen-bond acceptors (Lipinski definition) is 5. The van der Waals surface area contributed by atoms with Crippen LogP contribution in [0.1, 0.15) is 12.0 Å². The molecule has 3 aromatic rings. The third-order valence-corrected chi connectivity index (χ3v) is 6.12. The number of benzene rings is 2. The number of aromatic nitrogens is 1. The third kappa shape index (κ3) is 4.79. The Morgan fingerprint density at radius 1 is 1.16 bits per heavy atom. The summed E-state index contributed by atoms with van der Waals surface area (Å²) in [7, 11) is 0. The van der Waals surface area contributed by atoms with Gasteiger partial charge in [0.05, 0.1) is 14.7 Å². The summed E-state index contributed by atoms with van der Waals surface area (Å²) in [6, 6.07) is 11.7. The number of carbonyl (C=O) groups excluding carboxylic acids is 1. The topological polar surface area (TPSA) is 54.0 Å². The number of thioether (sulfide) groups is 1. The summed E-state index contributed by atoms with van der Waals surface area (Å²) in [5.41, 5.74) is 7.33. The molecule has 0 aliphatic heterocycles. The van der Waals surface area contributed by atoms with Crippen molar-refractivity contribution in [1.29, 1.82) is 0 Å². The van der Waals surface area contributed by atoms with Crippen molar-refractivity contribution < 1.29 is 4.79 Å². The van der Waals surface area contributed by atoms with E-state index in [1.54, 1.807) is 23.9 Å². The smallest absolute Gasteiger partial charge is 0.239 e. The van der Waals surface area contributed by atoms with E-state index in [-0.39, 0.29) is 5.91 Å². The van der Waals surface area contributed by atoms with Crippen LogP contribution < -0.4 is 10.9 Å². The van der Waals surface area contributed by atoms with Gasteiger partial charge in [-0.1, -0.05) is 52.2 Å². The van der Waals surface area contributed by atoms with Crippen LogP contribution in [-0.2, 0) is 4.79 Å². The second-order valence-electron chi connectivity index (χ2n) is 5.31. The van der Waals surface area contributed by atoms with E-state index in [4.69, 9.17) is 23.2 Å². The van der Waals surface area contributed by atoms with Gasteiger partial charge in [0.2, 0.25) is 11.0 Å². The van der Waals surface area contributed by atoms with Gasteiger partial charge in [0, 0.05) is 17.1 Å². The first-order valence-corrected chi connectivity index (χ1v) is 10.1. The van der Waals surface area contributed by atoms with Crippen molar-refractivity contribution in [1.82, 2.24) is 10.4 Å². The number of carbonyl (C=O) groups is 1. The first-order chi connectivity index (χ1) is 12.0. The molecule has 1 heterocycles. The highest BCUT2D eigenvalue weighted by atomic mass is 35.5. The summed E-state index contributed by atoms with van der Waals surface area (Å²) in [6.07, 6.45) is 0.401. The van der Waals surface area contributed by atoms with Crippen LogP contribution in [0.15, 0.2) is 41.3 Å². The molecule has 0 aliphatic rings. The number of hydrazine groups is 1. The van der Waals surface area contributed by atoms with Crippen molar-refractivity contribution in [2.24, 2.45) is 0 Å². The molecule has 3 rings (SSSR count). The number of nitrogens with zero attached hydrogens (tertiary/aromatic N) is 1. The van der Waals surface area contributed by atoms with Crippen LogP contribution in [0, 0.1) is 6.92 Å². The van der Waals surface area contributed by atoms with Gasteiger partial charge in [0.25, 0.3) is 0 Å². The molecular formula is C17H15Cl2N3OS2. The maximum absolute atomic E-state index is 11.9. The molecule has 25 heavy (non-hydrogen) atoms. The van der Waals surface area contributed by atoms with E-state index in [1.807, 2.05) is 0 Å². The molecule has 0 saturated carbocycles. The van der Waals surface area contributed by atoms with E-state index in [0.717, 1.165) is 9.60 Å². The molecule has 2 N–H and O–H groups in total. The quantitative estimate of drug-likeness (QED) is 0.413. The Morgan fingerprint density at radius 3 is 2.60 bits per heavy atom. The van der Waals surface area contributed by atoms with Crippen LogP contribution in [0.5, 0.6) is 0 Å². The lowest BCUT2D eigenvalue weighted by Gasteiger charge is -2.05. The maximum atomic E-state index is 11.9. The molecule has 0 unspecified atom stereocenters. The summed E-state index contributed by atoms with van der Waals surface area (Å²) >= 11 is 15.2. The molecule has 0 aliphatic carbocycles. The normalized spacial score (nSPS) is 10.8. The zero-order valence-corrected chi connectivity index (χ0v) is 16.5. The van der Waals surface area contributed by atoms with E-state index in [1.165, 1.54) is 16.9 Å². The largest absolute Gasteiger partial charge is 0.273 e. The summed E-state index contributed by atoms with van der Waals surface area (Å²) in [6.45, 7) is 2.05. The van der Waals surface area contributed by atoms with Gasteiger partial charge in [-0.25, -0.2) is 4.98 Å². The fourth-order valence-electron chi connectivity index (χ4n) is 2.08. The Bertz CT molecular complexity index is 858. The second kappa shape index (κ2) is 8.27. The van der Waals surface area contributed by atoms with E-state index < -0.39 is 0 Å². The lowest BCUT2D eigenvalue weighted by Crippen LogP contribution is -2.29. The van der Waals surface area contributed by atoms with Crippen LogP contribution in [0.3, 0.4) is 0 Å². The predicted molar refractivity (Wildman–Crippen MR) is 108 cm³/mol. The van der Waals surface area contributed by atoms with Gasteiger partial charge in [-0.3, -0.25) is 15.6 Å². The van der Waals surface area contributed by atoms with Crippen LogP contribution in [0.25, 0.3) is 10.2 Å². The first-order valence-electron chi connectivity index (χ1n) is 7.52. The maximum Gasteiger partial charge on any atom is 0.239 e. The number of amides is 1. The van der Waals surface area contributed by atoms with Crippen molar-refractivity contribution in [3.05, 3.63) is 52.0 Å². The number of anilines is 1. The highest BCUT2D eigenvalue weighted by molar-refractivity contribution is 7.99. The molecule has 4 nitrogen and oxygen atoms in total. The lowest BCUT2D eigenvalue weighted by molar-refractivity contribution is -0.120. The SMILES string of the molecule is Cc1ccc(SCCC(=O)NNc2nc3c(Cl)ccc(Cl)c3s2)cc1. The van der Waals surface area contributed by atoms with Crippen molar-refractivity contribution in [2.45, 2.75) is 18.2 Å². The number of aryl methyl sites for hydroxylation is 1. The van der Waals surface area contributed by atoms with Crippen LogP contribution in [0.2, 0.25) is 10.0 Å². The van der Waals surface area contributed by atoms with E-state index >= 15 is 0 Å². The summed E-state index contributed by atoms with van der Waals surface area (Å²) in [5.74, 6) is 0.602. The Balaban J connectivity index is 1.50. The van der Waals surface area contributed by atoms with Crippen molar-refractivity contribution in [2.75, 3.05) is 11.2 Å². The summed E-state index contributed by atoms with van der Waals surface area (Å²) in [4.78, 5) is 17.5. The Morgan fingerprint density at radius 2 is 1.88 bits per heavy atom. The number of thiazole rings is 1. The van der Waals surface area contributed by atoms with Crippen LogP contribution in [-0.4, -0.2) is 16.6 Å². The minimum absolute atomic E-state index is 0.101. The second-order valence-corrected chi connectivity index (χ2v) is 8.29. The summed E-state index contributed by atoms with van der Waals surface area (Å²) < 4.78 is 0.792. The fraction of sp³-hybridized carbons (Fsp3) is 0.176. The van der Waals surface area contributed by atoms with E-state index in [0.29, 0.717) is 32.9 Å². The average molecular weight is 412 g/mol. The zero-order chi connectivity index (χ0) is 17.8. The molecule has 8 heteroatoms. The molecule has 0 fully saturated rings. The van der Waals surface area contributed by atoms with Crippen LogP contribution >= 0.6 is 46.3 Å². The Kier molecular flexibility index (Phi) is 6.06. The molecule has 130 valence electrons. The Hall–Kier alpha value is -1.47. The first kappa shape index (κ1) is 18.3. The van der Waals surface area contributed by atoms with Gasteiger partial charge < -0.3 is 0 Å². The minimum atomic E-state index is -0.101. The molecule has 0 saturated heterocycles. The molecule has 0 bridgehead atoms. The molecule has 0 spiro atoms. The summed E-state index contributed by atoms with van der Waals surface area (Å²) in [5, 5.41) is 1.67. The van der Waals surface area contributed by atoms with Gasteiger partial charge in [-0.2, -0.15) is 0 Å². The standard InChI is InChI=1S/C17H15Cl2N3OS2/c1-10-2-4-11(5-3-10)24-9-8-14(23)21-22-17-20-15-12(18)6-7-13(19)16(15)25-17/h2-7H,8-9H2,1H3,(H,20,22)(H,21,23). The monoisotopic (exact) mass is 411 g/mol. The number of hydrogen-bond donors (Lipinski definition) is 2. The van der Waals surface area contributed by atoms with Gasteiger partial charge in [0.15, 0.2) is 0 Å². The van der Waals surface area contributed by atoms with E-state index in [2.05, 4.69) is 47.0 Å². The van der Waals surface area contributed by atoms with Gasteiger partial charge >= 0.3 is 0 Å².